The number of carboxylic acids is 2. The van der Waals surface area contributed by atoms with Crippen LogP contribution in [0.1, 0.15) is 12.8 Å². The van der Waals surface area contributed by atoms with Crippen molar-refractivity contribution in [3.63, 3.8) is 0 Å². The van der Waals surface area contributed by atoms with Gasteiger partial charge in [-0.05, 0) is 11.1 Å². The second kappa shape index (κ2) is 5.75. The van der Waals surface area contributed by atoms with E-state index in [0.717, 1.165) is 0 Å². The molecule has 0 bridgehead atoms. The van der Waals surface area contributed by atoms with E-state index in [1.54, 1.807) is 0 Å². The maximum atomic E-state index is 10.4. The fraction of sp³-hybridized carbons (Fsp3) is 0.200. The first kappa shape index (κ1) is 12.2. The number of aliphatic carboxylic acids is 2. The van der Waals surface area contributed by atoms with Crippen LogP contribution in [0.15, 0.2) is 36.5 Å². The lowest BCUT2D eigenvalue weighted by molar-refractivity contribution is -0.137. The highest BCUT2D eigenvalue weighted by molar-refractivity contribution is 5.75. The van der Waals surface area contributed by atoms with Crippen LogP contribution < -0.4 is 0 Å². The third-order valence-corrected chi connectivity index (χ3v) is 1.59. The zero-order chi connectivity index (χ0) is 11.1. The average molecular weight is 196 g/mol. The summed E-state index contributed by atoms with van der Waals surface area (Å²) in [6.45, 7) is 6.86. The van der Waals surface area contributed by atoms with Crippen LogP contribution in [0.2, 0.25) is 0 Å². The zero-order valence-corrected chi connectivity index (χ0v) is 7.69. The Hall–Kier alpha value is -1.84. The molecule has 76 valence electrons. The van der Waals surface area contributed by atoms with Gasteiger partial charge in [0.1, 0.15) is 0 Å². The molecule has 0 aromatic rings. The van der Waals surface area contributed by atoms with Crippen molar-refractivity contribution in [1.82, 2.24) is 0 Å². The molecule has 0 aliphatic heterocycles. The van der Waals surface area contributed by atoms with Crippen molar-refractivity contribution in [3.8, 4) is 0 Å². The van der Waals surface area contributed by atoms with Crippen LogP contribution in [-0.2, 0) is 9.59 Å². The van der Waals surface area contributed by atoms with E-state index < -0.39 is 11.9 Å². The van der Waals surface area contributed by atoms with Gasteiger partial charge in [0.25, 0.3) is 0 Å². The molecule has 14 heavy (non-hydrogen) atoms. The molecule has 0 atom stereocenters. The molecular formula is C10H12O4. The van der Waals surface area contributed by atoms with Gasteiger partial charge >= 0.3 is 11.9 Å². The van der Waals surface area contributed by atoms with Crippen LogP contribution in [0.3, 0.4) is 0 Å². The van der Waals surface area contributed by atoms with Gasteiger partial charge in [-0.25, -0.2) is 0 Å². The second-order valence-corrected chi connectivity index (χ2v) is 2.60. The van der Waals surface area contributed by atoms with Crippen LogP contribution >= 0.6 is 0 Å². The minimum atomic E-state index is -1.02. The molecule has 0 radical (unpaired) electrons. The summed E-state index contributed by atoms with van der Waals surface area (Å²) in [5.74, 6) is -2.05. The van der Waals surface area contributed by atoms with E-state index in [4.69, 9.17) is 10.2 Å². The molecule has 4 nitrogen and oxygen atoms in total. The highest BCUT2D eigenvalue weighted by Crippen LogP contribution is 2.14. The summed E-state index contributed by atoms with van der Waals surface area (Å²) in [4.78, 5) is 20.8. The Morgan fingerprint density at radius 3 is 1.36 bits per heavy atom. The SMILES string of the molecule is C=C/C(CC(=O)O)=C(\C=C)CC(=O)O. The molecule has 0 saturated carbocycles. The predicted molar refractivity (Wildman–Crippen MR) is 51.9 cm³/mol. The number of hydrogen-bond acceptors (Lipinski definition) is 2. The molecule has 0 fully saturated rings. The van der Waals surface area contributed by atoms with E-state index in [1.807, 2.05) is 0 Å². The molecule has 0 heterocycles. The Bertz CT molecular complexity index is 269. The molecule has 0 aliphatic rings. The topological polar surface area (TPSA) is 74.6 Å². The lowest BCUT2D eigenvalue weighted by Gasteiger charge is -2.04. The van der Waals surface area contributed by atoms with E-state index >= 15 is 0 Å². The molecular weight excluding hydrogens is 184 g/mol. The Morgan fingerprint density at radius 1 is 0.929 bits per heavy atom. The number of carbonyl (C=O) groups is 2. The first-order chi connectivity index (χ1) is 6.51. The van der Waals surface area contributed by atoms with Gasteiger partial charge in [-0.1, -0.05) is 25.3 Å². The zero-order valence-electron chi connectivity index (χ0n) is 7.69. The van der Waals surface area contributed by atoms with Gasteiger partial charge in [0.05, 0.1) is 12.8 Å². The molecule has 0 aromatic heterocycles. The molecule has 0 unspecified atom stereocenters. The fourth-order valence-electron chi connectivity index (χ4n) is 0.959. The van der Waals surface area contributed by atoms with Gasteiger partial charge in [-0.3, -0.25) is 9.59 Å². The Kier molecular flexibility index (Phi) is 4.99. The number of allylic oxidation sites excluding steroid dienone is 2. The van der Waals surface area contributed by atoms with Crippen LogP contribution in [0.5, 0.6) is 0 Å². The molecule has 4 heteroatoms. The summed E-state index contributed by atoms with van der Waals surface area (Å²) >= 11 is 0. The third-order valence-electron chi connectivity index (χ3n) is 1.59. The largest absolute Gasteiger partial charge is 0.481 e. The van der Waals surface area contributed by atoms with Crippen molar-refractivity contribution in [1.29, 1.82) is 0 Å². The first-order valence-electron chi connectivity index (χ1n) is 3.91. The van der Waals surface area contributed by atoms with Crippen molar-refractivity contribution in [2.45, 2.75) is 12.8 Å². The predicted octanol–water partition coefficient (Wildman–Crippen LogP) is 1.60. The minimum Gasteiger partial charge on any atom is -0.481 e. The van der Waals surface area contributed by atoms with E-state index in [-0.39, 0.29) is 12.8 Å². The smallest absolute Gasteiger partial charge is 0.307 e. The van der Waals surface area contributed by atoms with Crippen molar-refractivity contribution >= 4 is 11.9 Å². The normalized spacial score (nSPS) is 11.4. The number of carboxylic acid groups (broad SMARTS) is 2. The van der Waals surface area contributed by atoms with Crippen molar-refractivity contribution in [2.75, 3.05) is 0 Å². The fourth-order valence-corrected chi connectivity index (χ4v) is 0.959. The molecule has 2 N–H and O–H groups in total. The van der Waals surface area contributed by atoms with E-state index in [9.17, 15) is 9.59 Å². The van der Waals surface area contributed by atoms with Gasteiger partial charge in [0, 0.05) is 0 Å². The standard InChI is InChI=1S/C10H12O4/c1-3-7(5-9(11)12)8(4-2)6-10(13)14/h3-4H,1-2,5-6H2,(H,11,12)(H,13,14)/b8-7-. The first-order valence-corrected chi connectivity index (χ1v) is 3.91. The summed E-state index contributed by atoms with van der Waals surface area (Å²) in [5, 5.41) is 17.1. The minimum absolute atomic E-state index is 0.238. The number of rotatable bonds is 6. The quantitative estimate of drug-likeness (QED) is 0.633. The van der Waals surface area contributed by atoms with Gasteiger partial charge in [0.15, 0.2) is 0 Å². The molecule has 0 amide bonds. The number of hydrogen-bond donors (Lipinski definition) is 2. The summed E-state index contributed by atoms with van der Waals surface area (Å²) < 4.78 is 0. The maximum absolute atomic E-state index is 10.4. The summed E-state index contributed by atoms with van der Waals surface area (Å²) in [6.07, 6.45) is 2.21. The molecule has 0 aromatic carbocycles. The second-order valence-electron chi connectivity index (χ2n) is 2.60. The van der Waals surface area contributed by atoms with Crippen LogP contribution in [0.4, 0.5) is 0 Å². The highest BCUT2D eigenvalue weighted by atomic mass is 16.4. The molecule has 0 saturated heterocycles. The van der Waals surface area contributed by atoms with Crippen LogP contribution in [0.25, 0.3) is 0 Å². The Balaban J connectivity index is 4.90. The van der Waals surface area contributed by atoms with E-state index in [1.165, 1.54) is 12.2 Å². The summed E-state index contributed by atoms with van der Waals surface area (Å²) in [6, 6.07) is 0. The van der Waals surface area contributed by atoms with Gasteiger partial charge in [-0.2, -0.15) is 0 Å². The molecule has 0 aliphatic carbocycles. The van der Waals surface area contributed by atoms with Crippen molar-refractivity contribution in [3.05, 3.63) is 36.5 Å². The van der Waals surface area contributed by atoms with Gasteiger partial charge in [-0.15, -0.1) is 0 Å². The monoisotopic (exact) mass is 196 g/mol. The average Bonchev–Trinajstić information content (AvgIpc) is 2.10. The van der Waals surface area contributed by atoms with Crippen molar-refractivity contribution in [2.24, 2.45) is 0 Å². The van der Waals surface area contributed by atoms with Crippen molar-refractivity contribution < 1.29 is 19.8 Å². The molecule has 0 rings (SSSR count). The van der Waals surface area contributed by atoms with Crippen LogP contribution in [0, 0.1) is 0 Å². The van der Waals surface area contributed by atoms with E-state index in [2.05, 4.69) is 13.2 Å². The summed E-state index contributed by atoms with van der Waals surface area (Å²) in [7, 11) is 0. The lowest BCUT2D eigenvalue weighted by Crippen LogP contribution is -2.02. The Morgan fingerprint density at radius 2 is 1.21 bits per heavy atom. The van der Waals surface area contributed by atoms with Crippen LogP contribution in [-0.4, -0.2) is 22.2 Å². The molecule has 0 spiro atoms. The van der Waals surface area contributed by atoms with Gasteiger partial charge in [0.2, 0.25) is 0 Å². The third kappa shape index (κ3) is 4.25. The summed E-state index contributed by atoms with van der Waals surface area (Å²) in [5.41, 5.74) is 0.768. The van der Waals surface area contributed by atoms with E-state index in [0.29, 0.717) is 11.1 Å². The lowest BCUT2D eigenvalue weighted by atomic mass is 10.0. The highest BCUT2D eigenvalue weighted by Gasteiger charge is 2.08. The maximum Gasteiger partial charge on any atom is 0.307 e. The van der Waals surface area contributed by atoms with Gasteiger partial charge < -0.3 is 10.2 Å². The Labute approximate surface area is 81.9 Å².